The Labute approximate surface area is 163 Å². The van der Waals surface area contributed by atoms with Gasteiger partial charge < -0.3 is 9.05 Å². The van der Waals surface area contributed by atoms with Crippen molar-refractivity contribution >= 4 is 7.60 Å². The zero-order valence-electron chi connectivity index (χ0n) is 17.7. The van der Waals surface area contributed by atoms with E-state index in [1.54, 1.807) is 0 Å². The summed E-state index contributed by atoms with van der Waals surface area (Å²) in [4.78, 5) is 0. The molecule has 0 heterocycles. The zero-order valence-corrected chi connectivity index (χ0v) is 18.6. The predicted molar refractivity (Wildman–Crippen MR) is 113 cm³/mol. The van der Waals surface area contributed by atoms with Crippen LogP contribution in [0.25, 0.3) is 0 Å². The monoisotopic (exact) mass is 388 g/mol. The van der Waals surface area contributed by atoms with Crippen LogP contribution in [0.1, 0.15) is 117 Å². The fraction of sp³-hybridized carbons (Fsp3) is 1.00. The van der Waals surface area contributed by atoms with Gasteiger partial charge in [-0.25, -0.2) is 0 Å². The average molecular weight is 389 g/mol. The van der Waals surface area contributed by atoms with Crippen molar-refractivity contribution < 1.29 is 13.6 Å². The molecule has 4 heteroatoms. The molecule has 0 spiro atoms. The molecule has 0 amide bonds. The van der Waals surface area contributed by atoms with Crippen LogP contribution in [-0.2, 0) is 13.6 Å². The third kappa shape index (κ3) is 12.5. The molecule has 0 bridgehead atoms. The molecule has 0 unspecified atom stereocenters. The molecule has 1 saturated carbocycles. The summed E-state index contributed by atoms with van der Waals surface area (Å²) < 4.78 is 23.0. The molecule has 1 rings (SSSR count). The standard InChI is InChI=1S/C22H45O3P/c1-3-24-26(23,25-4-2)21-17-12-10-8-6-5-7-9-11-14-18-22-19-15-13-16-20-22/h22H,3-21H2,1-2H3. The summed E-state index contributed by atoms with van der Waals surface area (Å²) in [5.41, 5.74) is 0. The molecule has 156 valence electrons. The van der Waals surface area contributed by atoms with Crippen molar-refractivity contribution in [2.24, 2.45) is 5.92 Å². The molecule has 0 saturated heterocycles. The van der Waals surface area contributed by atoms with E-state index in [9.17, 15) is 4.57 Å². The first kappa shape index (κ1) is 24.2. The van der Waals surface area contributed by atoms with Gasteiger partial charge in [-0.15, -0.1) is 0 Å². The lowest BCUT2D eigenvalue weighted by Crippen LogP contribution is -2.05. The van der Waals surface area contributed by atoms with Gasteiger partial charge in [-0.05, 0) is 26.2 Å². The van der Waals surface area contributed by atoms with Crippen LogP contribution in [0.5, 0.6) is 0 Å². The topological polar surface area (TPSA) is 35.5 Å². The van der Waals surface area contributed by atoms with Crippen LogP contribution in [0, 0.1) is 5.92 Å². The molecule has 0 atom stereocenters. The predicted octanol–water partition coefficient (Wildman–Crippen LogP) is 8.12. The van der Waals surface area contributed by atoms with Gasteiger partial charge in [0.2, 0.25) is 0 Å². The SMILES string of the molecule is CCOP(=O)(CCCCCCCCCCCCC1CCCCC1)OCC. The Bertz CT molecular complexity index is 343. The van der Waals surface area contributed by atoms with Gasteiger partial charge in [0.05, 0.1) is 19.4 Å². The van der Waals surface area contributed by atoms with Gasteiger partial charge in [0.15, 0.2) is 0 Å². The van der Waals surface area contributed by atoms with E-state index >= 15 is 0 Å². The summed E-state index contributed by atoms with van der Waals surface area (Å²) >= 11 is 0. The van der Waals surface area contributed by atoms with Crippen molar-refractivity contribution in [2.45, 2.75) is 117 Å². The summed E-state index contributed by atoms with van der Waals surface area (Å²) in [6.45, 7) is 4.69. The molecular formula is C22H45O3P. The highest BCUT2D eigenvalue weighted by Crippen LogP contribution is 2.48. The largest absolute Gasteiger partial charge is 0.330 e. The van der Waals surface area contributed by atoms with Gasteiger partial charge in [0.1, 0.15) is 0 Å². The Balaban J connectivity index is 1.83. The van der Waals surface area contributed by atoms with Crippen molar-refractivity contribution in [3.8, 4) is 0 Å². The molecular weight excluding hydrogens is 343 g/mol. The summed E-state index contributed by atoms with van der Waals surface area (Å²) in [7, 11) is -2.81. The Morgan fingerprint density at radius 3 is 1.65 bits per heavy atom. The zero-order chi connectivity index (χ0) is 18.9. The number of hydrogen-bond acceptors (Lipinski definition) is 3. The molecule has 26 heavy (non-hydrogen) atoms. The molecule has 1 aliphatic carbocycles. The van der Waals surface area contributed by atoms with Gasteiger partial charge in [-0.1, -0.05) is 96.3 Å². The Kier molecular flexibility index (Phi) is 15.0. The smallest absolute Gasteiger partial charge is 0.309 e. The summed E-state index contributed by atoms with van der Waals surface area (Å²) in [5, 5.41) is 0. The molecule has 0 aliphatic heterocycles. The van der Waals surface area contributed by atoms with Crippen LogP contribution in [0.2, 0.25) is 0 Å². The van der Waals surface area contributed by atoms with E-state index in [0.717, 1.165) is 18.8 Å². The molecule has 0 N–H and O–H groups in total. The van der Waals surface area contributed by atoms with Gasteiger partial charge >= 0.3 is 7.60 Å². The van der Waals surface area contributed by atoms with Gasteiger partial charge in [0, 0.05) is 0 Å². The third-order valence-corrected chi connectivity index (χ3v) is 7.84. The van der Waals surface area contributed by atoms with Crippen molar-refractivity contribution in [1.82, 2.24) is 0 Å². The van der Waals surface area contributed by atoms with E-state index in [0.29, 0.717) is 19.4 Å². The lowest BCUT2D eigenvalue weighted by molar-refractivity contribution is 0.219. The van der Waals surface area contributed by atoms with Crippen molar-refractivity contribution in [3.63, 3.8) is 0 Å². The van der Waals surface area contributed by atoms with Crippen LogP contribution in [0.4, 0.5) is 0 Å². The van der Waals surface area contributed by atoms with E-state index in [2.05, 4.69) is 0 Å². The van der Waals surface area contributed by atoms with Crippen LogP contribution in [0.15, 0.2) is 0 Å². The fourth-order valence-electron chi connectivity index (χ4n) is 4.19. The highest BCUT2D eigenvalue weighted by molar-refractivity contribution is 7.53. The lowest BCUT2D eigenvalue weighted by atomic mass is 9.85. The van der Waals surface area contributed by atoms with E-state index in [1.807, 2.05) is 13.8 Å². The second-order valence-electron chi connectivity index (χ2n) is 8.00. The summed E-state index contributed by atoms with van der Waals surface area (Å²) in [6, 6.07) is 0. The normalized spacial score (nSPS) is 16.2. The number of rotatable bonds is 17. The average Bonchev–Trinajstić information content (AvgIpc) is 2.64. The molecule has 0 aromatic carbocycles. The van der Waals surface area contributed by atoms with Crippen molar-refractivity contribution in [3.05, 3.63) is 0 Å². The molecule has 1 fully saturated rings. The van der Waals surface area contributed by atoms with Gasteiger partial charge in [-0.2, -0.15) is 0 Å². The molecule has 0 radical (unpaired) electrons. The minimum absolute atomic E-state index is 0.470. The number of hydrogen-bond donors (Lipinski definition) is 0. The maximum absolute atomic E-state index is 12.3. The fourth-order valence-corrected chi connectivity index (χ4v) is 5.92. The van der Waals surface area contributed by atoms with E-state index in [4.69, 9.17) is 9.05 Å². The first-order valence-electron chi connectivity index (χ1n) is 11.6. The third-order valence-electron chi connectivity index (χ3n) is 5.67. The Morgan fingerprint density at radius 2 is 1.15 bits per heavy atom. The summed E-state index contributed by atoms with van der Waals surface area (Å²) in [5.74, 6) is 1.06. The van der Waals surface area contributed by atoms with E-state index in [-0.39, 0.29) is 0 Å². The number of unbranched alkanes of at least 4 members (excludes halogenated alkanes) is 9. The lowest BCUT2D eigenvalue weighted by Gasteiger charge is -2.21. The van der Waals surface area contributed by atoms with Crippen LogP contribution in [-0.4, -0.2) is 19.4 Å². The minimum Gasteiger partial charge on any atom is -0.309 e. The first-order valence-corrected chi connectivity index (χ1v) is 13.3. The second-order valence-corrected chi connectivity index (χ2v) is 10.2. The molecule has 0 aromatic heterocycles. The Morgan fingerprint density at radius 1 is 0.692 bits per heavy atom. The highest BCUT2D eigenvalue weighted by Gasteiger charge is 2.22. The van der Waals surface area contributed by atoms with Crippen molar-refractivity contribution in [2.75, 3.05) is 19.4 Å². The molecule has 0 aromatic rings. The highest BCUT2D eigenvalue weighted by atomic mass is 31.2. The van der Waals surface area contributed by atoms with Crippen LogP contribution >= 0.6 is 7.60 Å². The second kappa shape index (κ2) is 16.1. The van der Waals surface area contributed by atoms with Gasteiger partial charge in [-0.3, -0.25) is 4.57 Å². The van der Waals surface area contributed by atoms with Crippen molar-refractivity contribution in [1.29, 1.82) is 0 Å². The van der Waals surface area contributed by atoms with E-state index < -0.39 is 7.60 Å². The molecule has 3 nitrogen and oxygen atoms in total. The molecule has 1 aliphatic rings. The minimum atomic E-state index is -2.81. The van der Waals surface area contributed by atoms with E-state index in [1.165, 1.54) is 89.9 Å². The van der Waals surface area contributed by atoms with Crippen LogP contribution < -0.4 is 0 Å². The maximum atomic E-state index is 12.3. The van der Waals surface area contributed by atoms with Crippen LogP contribution in [0.3, 0.4) is 0 Å². The summed E-state index contributed by atoms with van der Waals surface area (Å²) in [6.07, 6.45) is 22.7. The Hall–Kier alpha value is 0.150. The quantitative estimate of drug-likeness (QED) is 0.186. The maximum Gasteiger partial charge on any atom is 0.330 e. The first-order chi connectivity index (χ1) is 12.7. The van der Waals surface area contributed by atoms with Gasteiger partial charge in [0.25, 0.3) is 0 Å².